The fourth-order valence-corrected chi connectivity index (χ4v) is 1.40. The van der Waals surface area contributed by atoms with Crippen molar-refractivity contribution in [3.8, 4) is 5.88 Å². The molecule has 1 heterocycles. The maximum Gasteiger partial charge on any atom is 0.253 e. The monoisotopic (exact) mass is 228 g/mol. The molecule has 0 aliphatic heterocycles. The number of nitrogens with zero attached hydrogens (tertiary/aromatic N) is 2. The Morgan fingerprint density at radius 3 is 2.43 bits per heavy atom. The third kappa shape index (κ3) is 1.74. The summed E-state index contributed by atoms with van der Waals surface area (Å²) in [5, 5.41) is 0.226. The van der Waals surface area contributed by atoms with E-state index in [9.17, 15) is 0 Å². The van der Waals surface area contributed by atoms with Crippen molar-refractivity contribution in [1.29, 1.82) is 0 Å². The molecule has 0 aliphatic rings. The molecule has 0 spiro atoms. The zero-order valence-corrected chi connectivity index (χ0v) is 8.59. The van der Waals surface area contributed by atoms with Crippen molar-refractivity contribution >= 4 is 34.2 Å². The number of fused-ring (bicyclic) bond motifs is 1. The van der Waals surface area contributed by atoms with Crippen LogP contribution in [0.2, 0.25) is 5.15 Å². The Kier molecular flexibility index (Phi) is 2.70. The van der Waals surface area contributed by atoms with Crippen molar-refractivity contribution in [1.82, 2.24) is 9.97 Å². The Balaban J connectivity index is 2.59. The second-order valence-corrected chi connectivity index (χ2v) is 3.14. The van der Waals surface area contributed by atoms with E-state index in [-0.39, 0.29) is 17.1 Å². The topological polar surface area (TPSA) is 35.0 Å². The van der Waals surface area contributed by atoms with Gasteiger partial charge in [-0.05, 0) is 12.1 Å². The summed E-state index contributed by atoms with van der Waals surface area (Å²) in [6, 6.07) is 7.41. The SMILES string of the molecule is ClCOc1nc2ccccc2nc1Cl. The van der Waals surface area contributed by atoms with Crippen LogP contribution in [0.1, 0.15) is 0 Å². The molecular weight excluding hydrogens is 223 g/mol. The summed E-state index contributed by atoms with van der Waals surface area (Å²) >= 11 is 11.2. The summed E-state index contributed by atoms with van der Waals surface area (Å²) in [7, 11) is 0. The van der Waals surface area contributed by atoms with Crippen LogP contribution in [0.25, 0.3) is 11.0 Å². The van der Waals surface area contributed by atoms with Gasteiger partial charge < -0.3 is 4.74 Å². The van der Waals surface area contributed by atoms with Crippen LogP contribution in [0.3, 0.4) is 0 Å². The van der Waals surface area contributed by atoms with Gasteiger partial charge in [-0.2, -0.15) is 0 Å². The van der Waals surface area contributed by atoms with Crippen molar-refractivity contribution in [2.75, 3.05) is 6.07 Å². The fourth-order valence-electron chi connectivity index (χ4n) is 1.11. The summed E-state index contributed by atoms with van der Waals surface area (Å²) in [5.41, 5.74) is 1.47. The van der Waals surface area contributed by atoms with E-state index in [0.717, 1.165) is 11.0 Å². The van der Waals surface area contributed by atoms with Crippen LogP contribution in [0.15, 0.2) is 24.3 Å². The molecular formula is C9H6Cl2N2O. The molecule has 0 saturated heterocycles. The van der Waals surface area contributed by atoms with Gasteiger partial charge in [0.05, 0.1) is 11.0 Å². The lowest BCUT2D eigenvalue weighted by Crippen LogP contribution is -1.95. The fraction of sp³-hybridized carbons (Fsp3) is 0.111. The van der Waals surface area contributed by atoms with Gasteiger partial charge in [0, 0.05) is 0 Å². The first kappa shape index (κ1) is 9.49. The van der Waals surface area contributed by atoms with Gasteiger partial charge in [0.25, 0.3) is 5.88 Å². The summed E-state index contributed by atoms with van der Waals surface area (Å²) in [6.07, 6.45) is 0. The zero-order chi connectivity index (χ0) is 9.97. The standard InChI is InChI=1S/C9H6Cl2N2O/c10-5-14-9-8(11)12-6-3-1-2-4-7(6)13-9/h1-4H,5H2. The molecule has 0 bridgehead atoms. The van der Waals surface area contributed by atoms with E-state index in [4.69, 9.17) is 27.9 Å². The summed E-state index contributed by atoms with van der Waals surface area (Å²) in [4.78, 5) is 8.28. The summed E-state index contributed by atoms with van der Waals surface area (Å²) in [5.74, 6) is 0.264. The number of alkyl halides is 1. The molecule has 1 aromatic heterocycles. The van der Waals surface area contributed by atoms with Gasteiger partial charge in [-0.25, -0.2) is 9.97 Å². The van der Waals surface area contributed by atoms with E-state index in [1.54, 1.807) is 0 Å². The number of ether oxygens (including phenoxy) is 1. The predicted octanol–water partition coefficient (Wildman–Crippen LogP) is 2.86. The molecule has 72 valence electrons. The van der Waals surface area contributed by atoms with E-state index in [0.29, 0.717) is 0 Å². The molecule has 0 N–H and O–H groups in total. The molecule has 0 radical (unpaired) electrons. The van der Waals surface area contributed by atoms with E-state index >= 15 is 0 Å². The number of hydrogen-bond acceptors (Lipinski definition) is 3. The third-order valence-corrected chi connectivity index (χ3v) is 2.05. The van der Waals surface area contributed by atoms with Crippen LogP contribution < -0.4 is 4.74 Å². The van der Waals surface area contributed by atoms with E-state index < -0.39 is 0 Å². The van der Waals surface area contributed by atoms with Crippen molar-refractivity contribution < 1.29 is 4.74 Å². The van der Waals surface area contributed by atoms with Gasteiger partial charge in [-0.3, -0.25) is 0 Å². The molecule has 5 heteroatoms. The second-order valence-electron chi connectivity index (χ2n) is 2.56. The van der Waals surface area contributed by atoms with E-state index in [2.05, 4.69) is 9.97 Å². The molecule has 14 heavy (non-hydrogen) atoms. The van der Waals surface area contributed by atoms with Crippen LogP contribution >= 0.6 is 23.2 Å². The number of rotatable bonds is 2. The molecule has 2 aromatic rings. The van der Waals surface area contributed by atoms with Crippen molar-refractivity contribution in [2.24, 2.45) is 0 Å². The van der Waals surface area contributed by atoms with Crippen molar-refractivity contribution in [3.05, 3.63) is 29.4 Å². The van der Waals surface area contributed by atoms with Gasteiger partial charge >= 0.3 is 0 Å². The van der Waals surface area contributed by atoms with Crippen LogP contribution in [0.4, 0.5) is 0 Å². The lowest BCUT2D eigenvalue weighted by molar-refractivity contribution is 0.372. The van der Waals surface area contributed by atoms with Gasteiger partial charge in [0.1, 0.15) is 0 Å². The predicted molar refractivity (Wildman–Crippen MR) is 55.9 cm³/mol. The number of aromatic nitrogens is 2. The highest BCUT2D eigenvalue weighted by Crippen LogP contribution is 2.22. The summed E-state index contributed by atoms with van der Waals surface area (Å²) < 4.78 is 5.00. The number of halogens is 2. The Bertz CT molecular complexity index is 462. The summed E-state index contributed by atoms with van der Waals surface area (Å²) in [6.45, 7) is 0. The molecule has 1 aromatic carbocycles. The van der Waals surface area contributed by atoms with Gasteiger partial charge in [0.15, 0.2) is 11.2 Å². The number of para-hydroxylation sites is 2. The highest BCUT2D eigenvalue weighted by molar-refractivity contribution is 6.31. The lowest BCUT2D eigenvalue weighted by atomic mass is 10.3. The quantitative estimate of drug-likeness (QED) is 0.742. The largest absolute Gasteiger partial charge is 0.459 e. The zero-order valence-electron chi connectivity index (χ0n) is 7.08. The number of hydrogen-bond donors (Lipinski definition) is 0. The number of benzene rings is 1. The van der Waals surface area contributed by atoms with Crippen LogP contribution in [0, 0.1) is 0 Å². The van der Waals surface area contributed by atoms with Gasteiger partial charge in [0.2, 0.25) is 0 Å². The molecule has 2 rings (SSSR count). The van der Waals surface area contributed by atoms with Crippen LogP contribution in [-0.2, 0) is 0 Å². The average molecular weight is 229 g/mol. The Labute approximate surface area is 90.6 Å². The minimum atomic E-state index is 0.00669. The minimum absolute atomic E-state index is 0.00669. The smallest absolute Gasteiger partial charge is 0.253 e. The second kappa shape index (κ2) is 3.98. The van der Waals surface area contributed by atoms with Crippen LogP contribution in [-0.4, -0.2) is 16.0 Å². The first-order valence-electron chi connectivity index (χ1n) is 3.92. The van der Waals surface area contributed by atoms with Gasteiger partial charge in [-0.1, -0.05) is 35.3 Å². The first-order valence-corrected chi connectivity index (χ1v) is 4.83. The first-order chi connectivity index (χ1) is 6.81. The molecule has 0 aliphatic carbocycles. The highest BCUT2D eigenvalue weighted by Gasteiger charge is 2.06. The van der Waals surface area contributed by atoms with Crippen molar-refractivity contribution in [3.63, 3.8) is 0 Å². The molecule has 0 fully saturated rings. The Morgan fingerprint density at radius 2 is 1.79 bits per heavy atom. The normalized spacial score (nSPS) is 10.4. The molecule has 0 atom stereocenters. The minimum Gasteiger partial charge on any atom is -0.459 e. The highest BCUT2D eigenvalue weighted by atomic mass is 35.5. The third-order valence-electron chi connectivity index (χ3n) is 1.69. The maximum absolute atomic E-state index is 5.82. The van der Waals surface area contributed by atoms with Crippen molar-refractivity contribution in [2.45, 2.75) is 0 Å². The van der Waals surface area contributed by atoms with E-state index in [1.165, 1.54) is 0 Å². The molecule has 0 unspecified atom stereocenters. The maximum atomic E-state index is 5.82. The van der Waals surface area contributed by atoms with Gasteiger partial charge in [-0.15, -0.1) is 0 Å². The lowest BCUT2D eigenvalue weighted by Gasteiger charge is -2.03. The Morgan fingerprint density at radius 1 is 1.14 bits per heavy atom. The Hall–Kier alpha value is -1.06. The molecule has 3 nitrogen and oxygen atoms in total. The average Bonchev–Trinajstić information content (AvgIpc) is 2.19. The molecule has 0 amide bonds. The van der Waals surface area contributed by atoms with Crippen LogP contribution in [0.5, 0.6) is 5.88 Å². The molecule has 0 saturated carbocycles. The van der Waals surface area contributed by atoms with E-state index in [1.807, 2.05) is 24.3 Å².